The molecule has 0 spiro atoms. The number of hydrogen-bond acceptors (Lipinski definition) is 3. The molecular formula is C25H13NO2. The Morgan fingerprint density at radius 1 is 0.607 bits per heavy atom. The molecule has 0 saturated heterocycles. The van der Waals surface area contributed by atoms with Crippen molar-refractivity contribution in [3.05, 3.63) is 113 Å². The molecule has 1 heterocycles. The van der Waals surface area contributed by atoms with Crippen molar-refractivity contribution in [2.24, 2.45) is 0 Å². The molecule has 0 N–H and O–H groups in total. The number of fused-ring (bicyclic) bond motifs is 3. The summed E-state index contributed by atoms with van der Waals surface area (Å²) < 4.78 is 0. The molecule has 1 aromatic heterocycles. The lowest BCUT2D eigenvalue weighted by molar-refractivity contribution is 0.0979. The van der Waals surface area contributed by atoms with Crippen molar-refractivity contribution < 1.29 is 9.59 Å². The fourth-order valence-electron chi connectivity index (χ4n) is 3.60. The first-order valence-corrected chi connectivity index (χ1v) is 8.90. The number of pyridine rings is 1. The lowest BCUT2D eigenvalue weighted by Gasteiger charge is -2.18. The molecule has 0 atom stereocenters. The average molecular weight is 359 g/mol. The van der Waals surface area contributed by atoms with E-state index in [1.807, 2.05) is 24.3 Å². The van der Waals surface area contributed by atoms with Crippen LogP contribution < -0.4 is 0 Å². The Balaban J connectivity index is 1.68. The van der Waals surface area contributed by atoms with Crippen LogP contribution in [0, 0.1) is 11.8 Å². The maximum atomic E-state index is 13.1. The summed E-state index contributed by atoms with van der Waals surface area (Å²) in [6.45, 7) is 0. The smallest absolute Gasteiger partial charge is 0.195 e. The lowest BCUT2D eigenvalue weighted by Crippen LogP contribution is -2.21. The zero-order chi connectivity index (χ0) is 19.1. The van der Waals surface area contributed by atoms with Crippen LogP contribution in [0.1, 0.15) is 43.0 Å². The summed E-state index contributed by atoms with van der Waals surface area (Å²) in [5.74, 6) is 5.94. The summed E-state index contributed by atoms with van der Waals surface area (Å²) in [6, 6.07) is 20.0. The van der Waals surface area contributed by atoms with E-state index in [-0.39, 0.29) is 11.6 Å². The Bertz CT molecular complexity index is 1350. The van der Waals surface area contributed by atoms with Crippen molar-refractivity contribution in [3.8, 4) is 11.8 Å². The van der Waals surface area contributed by atoms with Gasteiger partial charge in [-0.15, -0.1) is 0 Å². The van der Waals surface area contributed by atoms with Gasteiger partial charge in [0.05, 0.1) is 5.56 Å². The highest BCUT2D eigenvalue weighted by molar-refractivity contribution is 6.29. The van der Waals surface area contributed by atoms with Crippen LogP contribution in [0.5, 0.6) is 0 Å². The van der Waals surface area contributed by atoms with Gasteiger partial charge in [0.2, 0.25) is 0 Å². The van der Waals surface area contributed by atoms with Gasteiger partial charge in [-0.3, -0.25) is 14.6 Å². The molecule has 0 radical (unpaired) electrons. The minimum absolute atomic E-state index is 0.138. The van der Waals surface area contributed by atoms with Crippen molar-refractivity contribution >= 4 is 22.3 Å². The van der Waals surface area contributed by atoms with Crippen molar-refractivity contribution in [3.63, 3.8) is 0 Å². The predicted octanol–water partition coefficient (Wildman–Crippen LogP) is 4.41. The Hall–Kier alpha value is -4.03. The summed E-state index contributed by atoms with van der Waals surface area (Å²) in [4.78, 5) is 30.2. The number of carbonyl (C=O) groups is 2. The molecule has 3 heteroatoms. The van der Waals surface area contributed by atoms with Crippen molar-refractivity contribution in [2.45, 2.75) is 0 Å². The molecule has 3 aromatic carbocycles. The van der Waals surface area contributed by atoms with Gasteiger partial charge < -0.3 is 0 Å². The van der Waals surface area contributed by atoms with Gasteiger partial charge in [-0.1, -0.05) is 72.5 Å². The third kappa shape index (κ3) is 2.44. The van der Waals surface area contributed by atoms with Crippen molar-refractivity contribution in [1.82, 2.24) is 4.98 Å². The van der Waals surface area contributed by atoms with Gasteiger partial charge in [-0.25, -0.2) is 0 Å². The van der Waals surface area contributed by atoms with Crippen LogP contribution in [0.15, 0.2) is 79.1 Å². The van der Waals surface area contributed by atoms with Gasteiger partial charge in [0.15, 0.2) is 11.6 Å². The van der Waals surface area contributed by atoms with Crippen LogP contribution in [0.3, 0.4) is 0 Å². The van der Waals surface area contributed by atoms with Crippen LogP contribution in [-0.4, -0.2) is 16.6 Å². The van der Waals surface area contributed by atoms with Gasteiger partial charge >= 0.3 is 0 Å². The fourth-order valence-corrected chi connectivity index (χ4v) is 3.60. The third-order valence-electron chi connectivity index (χ3n) is 4.95. The third-order valence-corrected chi connectivity index (χ3v) is 4.95. The van der Waals surface area contributed by atoms with E-state index in [0.29, 0.717) is 27.8 Å². The summed E-state index contributed by atoms with van der Waals surface area (Å²) in [7, 11) is 0. The maximum Gasteiger partial charge on any atom is 0.195 e. The Morgan fingerprint density at radius 2 is 1.29 bits per heavy atom. The fraction of sp³-hybridized carbons (Fsp3) is 0. The minimum Gasteiger partial charge on any atom is -0.289 e. The quantitative estimate of drug-likeness (QED) is 0.385. The lowest BCUT2D eigenvalue weighted by atomic mass is 9.82. The van der Waals surface area contributed by atoms with Crippen LogP contribution >= 0.6 is 0 Å². The van der Waals surface area contributed by atoms with Gasteiger partial charge in [-0.05, 0) is 6.07 Å². The van der Waals surface area contributed by atoms with Crippen LogP contribution in [0.4, 0.5) is 0 Å². The molecule has 1 aliphatic rings. The maximum absolute atomic E-state index is 13.1. The van der Waals surface area contributed by atoms with E-state index in [0.717, 1.165) is 16.3 Å². The number of carbonyl (C=O) groups excluding carboxylic acids is 2. The molecule has 0 bridgehead atoms. The largest absolute Gasteiger partial charge is 0.289 e. The Kier molecular flexibility index (Phi) is 3.63. The summed E-state index contributed by atoms with van der Waals surface area (Å²) in [6.07, 6.45) is 3.51. The molecule has 4 aromatic rings. The second-order valence-corrected chi connectivity index (χ2v) is 6.59. The number of rotatable bonds is 0. The van der Waals surface area contributed by atoms with E-state index in [4.69, 9.17) is 0 Å². The average Bonchev–Trinajstić information content (AvgIpc) is 2.75. The summed E-state index contributed by atoms with van der Waals surface area (Å²) >= 11 is 0. The highest BCUT2D eigenvalue weighted by Crippen LogP contribution is 2.29. The molecule has 1 aliphatic carbocycles. The predicted molar refractivity (Wildman–Crippen MR) is 107 cm³/mol. The minimum atomic E-state index is -0.161. The number of benzene rings is 3. The Morgan fingerprint density at radius 3 is 2.14 bits per heavy atom. The van der Waals surface area contributed by atoms with E-state index in [1.54, 1.807) is 54.9 Å². The van der Waals surface area contributed by atoms with E-state index in [1.165, 1.54) is 0 Å². The topological polar surface area (TPSA) is 47.0 Å². The molecule has 3 nitrogen and oxygen atoms in total. The van der Waals surface area contributed by atoms with Crippen molar-refractivity contribution in [1.29, 1.82) is 0 Å². The van der Waals surface area contributed by atoms with Gasteiger partial charge in [0.1, 0.15) is 0 Å². The van der Waals surface area contributed by atoms with Crippen LogP contribution in [0.25, 0.3) is 10.8 Å². The van der Waals surface area contributed by atoms with E-state index >= 15 is 0 Å². The molecule has 0 amide bonds. The molecule has 0 unspecified atom stereocenters. The van der Waals surface area contributed by atoms with Crippen molar-refractivity contribution in [2.75, 3.05) is 0 Å². The molecule has 28 heavy (non-hydrogen) atoms. The molecule has 130 valence electrons. The van der Waals surface area contributed by atoms with Gasteiger partial charge in [-0.2, -0.15) is 0 Å². The molecular weight excluding hydrogens is 346 g/mol. The molecule has 0 saturated carbocycles. The van der Waals surface area contributed by atoms with Gasteiger partial charge in [0.25, 0.3) is 0 Å². The van der Waals surface area contributed by atoms with Crippen LogP contribution in [0.2, 0.25) is 0 Å². The highest BCUT2D eigenvalue weighted by Gasteiger charge is 2.30. The summed E-state index contributed by atoms with van der Waals surface area (Å²) in [5.41, 5.74) is 3.01. The molecule has 5 rings (SSSR count). The standard InChI is InChI=1S/C25H13NO2/c27-24-20-9-3-4-10-21(20)25(28)23-16(7-5-11-22(23)24)12-13-18-15-26-14-17-6-1-2-8-19(17)18/h1-11,14-15H. The number of aromatic nitrogens is 1. The van der Waals surface area contributed by atoms with Crippen LogP contribution in [-0.2, 0) is 0 Å². The Labute approximate surface area is 161 Å². The molecule has 0 aliphatic heterocycles. The van der Waals surface area contributed by atoms with E-state index in [9.17, 15) is 9.59 Å². The number of nitrogens with zero attached hydrogens (tertiary/aromatic N) is 1. The van der Waals surface area contributed by atoms with E-state index < -0.39 is 0 Å². The second-order valence-electron chi connectivity index (χ2n) is 6.59. The first-order chi connectivity index (χ1) is 13.7. The van der Waals surface area contributed by atoms with Gasteiger partial charge in [0, 0.05) is 51.0 Å². The first-order valence-electron chi connectivity index (χ1n) is 8.90. The SMILES string of the molecule is O=C1c2ccccc2C(=O)c2c(C#Cc3cncc4ccccc34)cccc21. The zero-order valence-electron chi connectivity index (χ0n) is 14.8. The number of hydrogen-bond donors (Lipinski definition) is 0. The normalized spacial score (nSPS) is 12.1. The monoisotopic (exact) mass is 359 g/mol. The zero-order valence-corrected chi connectivity index (χ0v) is 14.8. The van der Waals surface area contributed by atoms with E-state index in [2.05, 4.69) is 16.8 Å². The highest BCUT2D eigenvalue weighted by atomic mass is 16.1. The second kappa shape index (κ2) is 6.29. The summed E-state index contributed by atoms with van der Waals surface area (Å²) in [5, 5.41) is 2.01. The first kappa shape index (κ1) is 16.2. The molecule has 0 fully saturated rings. The number of ketones is 2.